The van der Waals surface area contributed by atoms with Crippen molar-refractivity contribution in [1.29, 1.82) is 0 Å². The Labute approximate surface area is 185 Å². The first kappa shape index (κ1) is 22.3. The van der Waals surface area contributed by atoms with E-state index in [-0.39, 0.29) is 35.2 Å². The van der Waals surface area contributed by atoms with Gasteiger partial charge in [0, 0.05) is 44.8 Å². The summed E-state index contributed by atoms with van der Waals surface area (Å²) in [5, 5.41) is 0. The molecular formula is C23H33N3O4S. The first-order valence-corrected chi connectivity index (χ1v) is 12.9. The van der Waals surface area contributed by atoms with Crippen LogP contribution in [0.1, 0.15) is 57.9 Å². The molecule has 1 aromatic carbocycles. The van der Waals surface area contributed by atoms with E-state index in [1.807, 2.05) is 11.8 Å². The van der Waals surface area contributed by atoms with Crippen LogP contribution >= 0.6 is 0 Å². The number of sulfonamides is 1. The molecule has 8 heteroatoms. The number of piperidine rings is 1. The van der Waals surface area contributed by atoms with Gasteiger partial charge < -0.3 is 9.80 Å². The zero-order chi connectivity index (χ0) is 22.2. The Morgan fingerprint density at radius 2 is 1.71 bits per heavy atom. The molecule has 31 heavy (non-hydrogen) atoms. The fraction of sp³-hybridized carbons (Fsp3) is 0.652. The number of likely N-dealkylation sites (tertiary alicyclic amines) is 1. The minimum absolute atomic E-state index is 0.0241. The summed E-state index contributed by atoms with van der Waals surface area (Å²) in [5.41, 5.74) is 1.68. The average Bonchev–Trinajstić information content (AvgIpc) is 2.90. The van der Waals surface area contributed by atoms with E-state index in [4.69, 9.17) is 0 Å². The molecule has 0 aliphatic carbocycles. The average molecular weight is 448 g/mol. The lowest BCUT2D eigenvalue weighted by atomic mass is 9.98. The smallest absolute Gasteiger partial charge is 0.243 e. The van der Waals surface area contributed by atoms with E-state index in [0.717, 1.165) is 56.4 Å². The monoisotopic (exact) mass is 447 g/mol. The highest BCUT2D eigenvalue weighted by Crippen LogP contribution is 2.35. The van der Waals surface area contributed by atoms with Gasteiger partial charge in [0.15, 0.2) is 0 Å². The van der Waals surface area contributed by atoms with Gasteiger partial charge in [0.1, 0.15) is 0 Å². The van der Waals surface area contributed by atoms with Crippen molar-refractivity contribution in [3.05, 3.63) is 23.8 Å². The van der Waals surface area contributed by atoms with Gasteiger partial charge in [-0.05, 0) is 62.8 Å². The fourth-order valence-electron chi connectivity index (χ4n) is 5.31. The van der Waals surface area contributed by atoms with Crippen LogP contribution in [0.25, 0.3) is 0 Å². The van der Waals surface area contributed by atoms with Gasteiger partial charge in [-0.15, -0.1) is 0 Å². The second kappa shape index (κ2) is 8.90. The van der Waals surface area contributed by atoms with E-state index in [0.29, 0.717) is 19.4 Å². The number of fused-ring (bicyclic) bond motifs is 1. The van der Waals surface area contributed by atoms with Gasteiger partial charge in [0.05, 0.1) is 10.8 Å². The normalized spacial score (nSPS) is 25.2. The van der Waals surface area contributed by atoms with Crippen LogP contribution in [0.15, 0.2) is 23.1 Å². The molecule has 0 N–H and O–H groups in total. The summed E-state index contributed by atoms with van der Waals surface area (Å²) < 4.78 is 28.3. The fourth-order valence-corrected chi connectivity index (χ4v) is 6.88. The first-order chi connectivity index (χ1) is 14.8. The maximum absolute atomic E-state index is 13.4. The number of nitrogens with zero attached hydrogens (tertiary/aromatic N) is 3. The maximum Gasteiger partial charge on any atom is 0.243 e. The van der Waals surface area contributed by atoms with Crippen LogP contribution in [0.4, 0.5) is 5.69 Å². The molecule has 0 radical (unpaired) electrons. The van der Waals surface area contributed by atoms with Crippen LogP contribution in [-0.4, -0.2) is 61.7 Å². The van der Waals surface area contributed by atoms with Gasteiger partial charge in [0.25, 0.3) is 0 Å². The van der Waals surface area contributed by atoms with E-state index in [1.54, 1.807) is 23.1 Å². The van der Waals surface area contributed by atoms with Crippen molar-refractivity contribution in [2.75, 3.05) is 31.1 Å². The Kier molecular flexibility index (Phi) is 6.40. The summed E-state index contributed by atoms with van der Waals surface area (Å²) in [6, 6.07) is 5.08. The quantitative estimate of drug-likeness (QED) is 0.714. The highest BCUT2D eigenvalue weighted by molar-refractivity contribution is 7.89. The van der Waals surface area contributed by atoms with Crippen LogP contribution in [0.5, 0.6) is 0 Å². The van der Waals surface area contributed by atoms with Crippen molar-refractivity contribution < 1.29 is 18.0 Å². The van der Waals surface area contributed by atoms with Gasteiger partial charge in [-0.1, -0.05) is 12.8 Å². The number of hydrogen-bond donors (Lipinski definition) is 0. The predicted octanol–water partition coefficient (Wildman–Crippen LogP) is 2.79. The minimum Gasteiger partial charge on any atom is -0.342 e. The molecule has 2 saturated heterocycles. The standard InChI is InChI=1S/C23H33N3O4S/c1-17-14-20-15-21(9-10-22(20)26(17)18(2)27)31(29,30)25-13-7-8-19(16-25)23(28)24-11-5-3-4-6-12-24/h9-10,15,17,19H,3-8,11-14,16H2,1-2H3/t17-,19+/m1/s1. The maximum atomic E-state index is 13.4. The number of hydrogen-bond acceptors (Lipinski definition) is 4. The van der Waals surface area contributed by atoms with E-state index < -0.39 is 10.0 Å². The number of carbonyl (C=O) groups is 2. The number of anilines is 1. The minimum atomic E-state index is -3.68. The van der Waals surface area contributed by atoms with Gasteiger partial charge in [-0.2, -0.15) is 4.31 Å². The lowest BCUT2D eigenvalue weighted by Gasteiger charge is -2.34. The highest BCUT2D eigenvalue weighted by atomic mass is 32.2. The van der Waals surface area contributed by atoms with Crippen LogP contribution in [0.3, 0.4) is 0 Å². The van der Waals surface area contributed by atoms with E-state index in [1.165, 1.54) is 11.2 Å². The molecule has 0 saturated carbocycles. The van der Waals surface area contributed by atoms with E-state index in [2.05, 4.69) is 0 Å². The molecule has 170 valence electrons. The zero-order valence-electron chi connectivity index (χ0n) is 18.5. The van der Waals surface area contributed by atoms with Crippen molar-refractivity contribution in [3.8, 4) is 0 Å². The molecule has 0 spiro atoms. The Hall–Kier alpha value is -1.93. The van der Waals surface area contributed by atoms with Gasteiger partial charge in [-0.3, -0.25) is 9.59 Å². The number of carbonyl (C=O) groups excluding carboxylic acids is 2. The van der Waals surface area contributed by atoms with Crippen LogP contribution in [0, 0.1) is 5.92 Å². The summed E-state index contributed by atoms with van der Waals surface area (Å²) in [5.74, 6) is -0.182. The van der Waals surface area contributed by atoms with Crippen molar-refractivity contribution >= 4 is 27.5 Å². The predicted molar refractivity (Wildman–Crippen MR) is 119 cm³/mol. The third-order valence-electron chi connectivity index (χ3n) is 6.89. The summed E-state index contributed by atoms with van der Waals surface area (Å²) in [6.45, 7) is 5.78. The first-order valence-electron chi connectivity index (χ1n) is 11.5. The van der Waals surface area contributed by atoms with Gasteiger partial charge in [-0.25, -0.2) is 8.42 Å². The zero-order valence-corrected chi connectivity index (χ0v) is 19.4. The molecular weight excluding hydrogens is 414 g/mol. The Balaban J connectivity index is 1.52. The van der Waals surface area contributed by atoms with Crippen molar-refractivity contribution in [1.82, 2.24) is 9.21 Å². The molecule has 0 unspecified atom stereocenters. The van der Waals surface area contributed by atoms with Crippen LogP contribution < -0.4 is 4.90 Å². The van der Waals surface area contributed by atoms with Gasteiger partial charge >= 0.3 is 0 Å². The Morgan fingerprint density at radius 1 is 1.00 bits per heavy atom. The topological polar surface area (TPSA) is 78.0 Å². The number of benzene rings is 1. The molecule has 3 heterocycles. The molecule has 0 bridgehead atoms. The number of amides is 2. The molecule has 0 aromatic heterocycles. The van der Waals surface area contributed by atoms with Crippen molar-refractivity contribution in [2.45, 2.75) is 69.7 Å². The SMILES string of the molecule is CC(=O)N1c2ccc(S(=O)(=O)N3CCC[C@H](C(=O)N4CCCCCC4)C3)cc2C[C@H]1C. The second-order valence-electron chi connectivity index (χ2n) is 9.17. The summed E-state index contributed by atoms with van der Waals surface area (Å²) in [7, 11) is -3.68. The second-order valence-corrected chi connectivity index (χ2v) is 11.1. The lowest BCUT2D eigenvalue weighted by Crippen LogP contribution is -2.47. The van der Waals surface area contributed by atoms with E-state index in [9.17, 15) is 18.0 Å². The largest absolute Gasteiger partial charge is 0.342 e. The molecule has 2 fully saturated rings. The molecule has 2 amide bonds. The lowest BCUT2D eigenvalue weighted by molar-refractivity contribution is -0.136. The summed E-state index contributed by atoms with van der Waals surface area (Å²) in [6.07, 6.45) is 6.48. The van der Waals surface area contributed by atoms with E-state index >= 15 is 0 Å². The molecule has 3 aliphatic rings. The van der Waals surface area contributed by atoms with Crippen LogP contribution in [0.2, 0.25) is 0 Å². The molecule has 2 atom stereocenters. The van der Waals surface area contributed by atoms with Crippen molar-refractivity contribution in [2.24, 2.45) is 5.92 Å². The Morgan fingerprint density at radius 3 is 2.39 bits per heavy atom. The van der Waals surface area contributed by atoms with Gasteiger partial charge in [0.2, 0.25) is 21.8 Å². The van der Waals surface area contributed by atoms with Crippen molar-refractivity contribution in [3.63, 3.8) is 0 Å². The van der Waals surface area contributed by atoms with Crippen LogP contribution in [-0.2, 0) is 26.0 Å². The molecule has 3 aliphatic heterocycles. The summed E-state index contributed by atoms with van der Waals surface area (Å²) >= 11 is 0. The number of rotatable bonds is 3. The highest BCUT2D eigenvalue weighted by Gasteiger charge is 2.36. The third-order valence-corrected chi connectivity index (χ3v) is 8.76. The third kappa shape index (κ3) is 4.37. The Bertz CT molecular complexity index is 954. The summed E-state index contributed by atoms with van der Waals surface area (Å²) in [4.78, 5) is 29.0. The molecule has 7 nitrogen and oxygen atoms in total. The molecule has 4 rings (SSSR count). The molecule has 1 aromatic rings.